The zero-order valence-corrected chi connectivity index (χ0v) is 30.3. The summed E-state index contributed by atoms with van der Waals surface area (Å²) in [5.74, 6) is -0.155. The number of amides is 4. The average Bonchev–Trinajstić information content (AvgIpc) is 3.78. The van der Waals surface area contributed by atoms with E-state index < -0.39 is 24.2 Å². The number of rotatable bonds is 16. The number of urea groups is 1. The quantitative estimate of drug-likeness (QED) is 0.112. The SMILES string of the molecule is CC(C)c1nc(CN(C)C(=O)NC(C(=O)NC(/C=C/C(Cc2ccccc2)NC(=O)OCc2cncs2)Cc2ccccc2)C(C)C)cs1. The van der Waals surface area contributed by atoms with E-state index in [0.717, 1.165) is 26.7 Å². The van der Waals surface area contributed by atoms with E-state index in [9.17, 15) is 14.4 Å². The number of nitrogens with zero attached hydrogens (tertiary/aromatic N) is 3. The molecule has 3 N–H and O–H groups in total. The number of nitrogens with one attached hydrogen (secondary N) is 3. The molecule has 4 rings (SSSR count). The highest BCUT2D eigenvalue weighted by Gasteiger charge is 2.27. The zero-order chi connectivity index (χ0) is 35.2. The van der Waals surface area contributed by atoms with Crippen LogP contribution in [0.1, 0.15) is 60.3 Å². The Balaban J connectivity index is 1.47. The van der Waals surface area contributed by atoms with Gasteiger partial charge in [-0.1, -0.05) is 101 Å². The van der Waals surface area contributed by atoms with Crippen LogP contribution in [0, 0.1) is 5.92 Å². The van der Waals surface area contributed by atoms with E-state index in [0.29, 0.717) is 25.3 Å². The molecule has 3 atom stereocenters. The summed E-state index contributed by atoms with van der Waals surface area (Å²) in [6, 6.07) is 17.7. The zero-order valence-electron chi connectivity index (χ0n) is 28.7. The summed E-state index contributed by atoms with van der Waals surface area (Å²) in [5, 5.41) is 12.0. The van der Waals surface area contributed by atoms with Crippen LogP contribution in [0.25, 0.3) is 0 Å². The van der Waals surface area contributed by atoms with Gasteiger partial charge < -0.3 is 25.6 Å². The number of carbonyl (C=O) groups excluding carboxylic acids is 3. The van der Waals surface area contributed by atoms with Crippen molar-refractivity contribution in [2.24, 2.45) is 5.92 Å². The Morgan fingerprint density at radius 1 is 0.857 bits per heavy atom. The smallest absolute Gasteiger partial charge is 0.407 e. The van der Waals surface area contributed by atoms with E-state index in [1.807, 2.05) is 92.0 Å². The van der Waals surface area contributed by atoms with Crippen molar-refractivity contribution in [1.29, 1.82) is 0 Å². The molecule has 0 saturated carbocycles. The van der Waals surface area contributed by atoms with Crippen molar-refractivity contribution in [3.05, 3.63) is 117 Å². The average molecular weight is 703 g/mol. The van der Waals surface area contributed by atoms with Crippen LogP contribution >= 0.6 is 22.7 Å². The molecular formula is C37H46N6O4S2. The van der Waals surface area contributed by atoms with Crippen molar-refractivity contribution in [3.8, 4) is 0 Å². The van der Waals surface area contributed by atoms with Gasteiger partial charge in [-0.3, -0.25) is 9.78 Å². The Bertz CT molecular complexity index is 1630. The van der Waals surface area contributed by atoms with E-state index in [-0.39, 0.29) is 24.5 Å². The predicted molar refractivity (Wildman–Crippen MR) is 195 cm³/mol. The molecule has 0 aliphatic rings. The first kappa shape index (κ1) is 37.3. The molecule has 2 aromatic heterocycles. The molecular weight excluding hydrogens is 657 g/mol. The van der Waals surface area contributed by atoms with Crippen molar-refractivity contribution in [3.63, 3.8) is 0 Å². The highest BCUT2D eigenvalue weighted by molar-refractivity contribution is 7.09. The maximum absolute atomic E-state index is 13.8. The van der Waals surface area contributed by atoms with Gasteiger partial charge in [0.25, 0.3) is 0 Å². The molecule has 2 heterocycles. The van der Waals surface area contributed by atoms with Gasteiger partial charge in [0, 0.05) is 24.5 Å². The monoisotopic (exact) mass is 702 g/mol. The van der Waals surface area contributed by atoms with Gasteiger partial charge in [-0.05, 0) is 29.9 Å². The first-order valence-corrected chi connectivity index (χ1v) is 18.2. The Hall–Kier alpha value is -4.55. The largest absolute Gasteiger partial charge is 0.444 e. The van der Waals surface area contributed by atoms with Gasteiger partial charge in [-0.15, -0.1) is 22.7 Å². The summed E-state index contributed by atoms with van der Waals surface area (Å²) < 4.78 is 5.45. The molecule has 0 aliphatic carbocycles. The van der Waals surface area contributed by atoms with Gasteiger partial charge in [0.1, 0.15) is 12.6 Å². The molecule has 0 radical (unpaired) electrons. The van der Waals surface area contributed by atoms with E-state index >= 15 is 0 Å². The molecule has 0 saturated heterocycles. The number of aromatic nitrogens is 2. The third kappa shape index (κ3) is 12.4. The maximum atomic E-state index is 13.8. The van der Waals surface area contributed by atoms with Crippen molar-refractivity contribution in [2.45, 2.75) is 77.7 Å². The van der Waals surface area contributed by atoms with Gasteiger partial charge in [0.15, 0.2) is 0 Å². The molecule has 4 aromatic rings. The van der Waals surface area contributed by atoms with Gasteiger partial charge >= 0.3 is 12.1 Å². The lowest BCUT2D eigenvalue weighted by molar-refractivity contribution is -0.124. The predicted octanol–water partition coefficient (Wildman–Crippen LogP) is 6.71. The van der Waals surface area contributed by atoms with Gasteiger partial charge in [0.2, 0.25) is 5.91 Å². The lowest BCUT2D eigenvalue weighted by Gasteiger charge is -2.27. The van der Waals surface area contributed by atoms with Gasteiger partial charge in [0.05, 0.1) is 39.7 Å². The molecule has 2 aromatic carbocycles. The molecule has 10 nitrogen and oxygen atoms in total. The molecule has 4 amide bonds. The minimum Gasteiger partial charge on any atom is -0.444 e. The Morgan fingerprint density at radius 3 is 2.00 bits per heavy atom. The second-order valence-corrected chi connectivity index (χ2v) is 14.4. The lowest BCUT2D eigenvalue weighted by atomic mass is 10.00. The summed E-state index contributed by atoms with van der Waals surface area (Å²) in [6.07, 6.45) is 5.95. The highest BCUT2D eigenvalue weighted by Crippen LogP contribution is 2.20. The van der Waals surface area contributed by atoms with E-state index in [2.05, 4.69) is 39.8 Å². The highest BCUT2D eigenvalue weighted by atomic mass is 32.1. The first-order chi connectivity index (χ1) is 23.6. The number of ether oxygens (including phenoxy) is 1. The van der Waals surface area contributed by atoms with Crippen LogP contribution in [-0.2, 0) is 35.5 Å². The fraction of sp³-hybridized carbons (Fsp3) is 0.378. The van der Waals surface area contributed by atoms with Crippen LogP contribution in [0.2, 0.25) is 0 Å². The van der Waals surface area contributed by atoms with Crippen LogP contribution in [-0.4, -0.2) is 58.1 Å². The van der Waals surface area contributed by atoms with Crippen LogP contribution in [0.15, 0.2) is 89.9 Å². The summed E-state index contributed by atoms with van der Waals surface area (Å²) >= 11 is 3.00. The normalized spacial score (nSPS) is 13.2. The minimum atomic E-state index is -0.775. The van der Waals surface area contributed by atoms with Crippen molar-refractivity contribution >= 4 is 40.7 Å². The van der Waals surface area contributed by atoms with Crippen LogP contribution in [0.3, 0.4) is 0 Å². The fourth-order valence-electron chi connectivity index (χ4n) is 5.01. The van der Waals surface area contributed by atoms with E-state index in [1.54, 1.807) is 30.1 Å². The topological polar surface area (TPSA) is 126 Å². The molecule has 0 fully saturated rings. The third-order valence-electron chi connectivity index (χ3n) is 7.67. The van der Waals surface area contributed by atoms with Crippen molar-refractivity contribution in [2.75, 3.05) is 7.05 Å². The van der Waals surface area contributed by atoms with Crippen LogP contribution in [0.4, 0.5) is 9.59 Å². The molecule has 3 unspecified atom stereocenters. The maximum Gasteiger partial charge on any atom is 0.407 e. The van der Waals surface area contributed by atoms with Gasteiger partial charge in [-0.25, -0.2) is 14.6 Å². The molecule has 0 spiro atoms. The second kappa shape index (κ2) is 18.8. The number of alkyl carbamates (subject to hydrolysis) is 1. The summed E-state index contributed by atoms with van der Waals surface area (Å²) in [6.45, 7) is 8.45. The van der Waals surface area contributed by atoms with Crippen molar-refractivity contribution in [1.82, 2.24) is 30.8 Å². The number of thiazole rings is 2. The summed E-state index contributed by atoms with van der Waals surface area (Å²) in [7, 11) is 1.70. The number of hydrogen-bond donors (Lipinski definition) is 3. The Morgan fingerprint density at radius 2 is 1.47 bits per heavy atom. The Kier molecular flexibility index (Phi) is 14.3. The molecule has 49 heavy (non-hydrogen) atoms. The molecule has 12 heteroatoms. The van der Waals surface area contributed by atoms with Gasteiger partial charge in [-0.2, -0.15) is 0 Å². The second-order valence-electron chi connectivity index (χ2n) is 12.5. The van der Waals surface area contributed by atoms with Crippen LogP contribution < -0.4 is 16.0 Å². The number of carbonyl (C=O) groups is 3. The molecule has 260 valence electrons. The number of hydrogen-bond acceptors (Lipinski definition) is 8. The molecule has 0 aliphatic heterocycles. The lowest BCUT2D eigenvalue weighted by Crippen LogP contribution is -2.54. The van der Waals surface area contributed by atoms with Crippen molar-refractivity contribution < 1.29 is 19.1 Å². The number of benzene rings is 2. The first-order valence-electron chi connectivity index (χ1n) is 16.4. The van der Waals surface area contributed by atoms with E-state index in [4.69, 9.17) is 4.74 Å². The third-order valence-corrected chi connectivity index (χ3v) is 9.62. The summed E-state index contributed by atoms with van der Waals surface area (Å²) in [4.78, 5) is 50.9. The molecule has 0 bridgehead atoms. The fourth-order valence-corrected chi connectivity index (χ4v) is 6.34. The summed E-state index contributed by atoms with van der Waals surface area (Å²) in [5.41, 5.74) is 4.57. The van der Waals surface area contributed by atoms with E-state index in [1.165, 1.54) is 16.2 Å². The standard InChI is InChI=1S/C37H46N6O4S2/c1-25(2)33(42-36(45)43(5)21-31-23-48-35(40-31)26(3)4)34(44)39-29(18-27-12-8-6-9-13-27)16-17-30(19-28-14-10-7-11-15-28)41-37(46)47-22-32-20-38-24-49-32/h6-17,20,23-26,29-30,33H,18-19,21-22H2,1-5H3,(H,39,44)(H,41,46)(H,42,45)/b17-16+. The van der Waals surface area contributed by atoms with Crippen LogP contribution in [0.5, 0.6) is 0 Å². The Labute approximate surface area is 297 Å². The minimum absolute atomic E-state index is 0.130.